The van der Waals surface area contributed by atoms with Gasteiger partial charge in [0.1, 0.15) is 0 Å². The lowest BCUT2D eigenvalue weighted by molar-refractivity contribution is 0.116. The second-order valence-electron chi connectivity index (χ2n) is 7.46. The Morgan fingerprint density at radius 1 is 1.06 bits per heavy atom. The van der Waals surface area contributed by atoms with Crippen LogP contribution in [0.25, 0.3) is 0 Å². The smallest absolute Gasteiger partial charge is 0.0111 e. The van der Waals surface area contributed by atoms with E-state index in [1.807, 2.05) is 0 Å². The maximum Gasteiger partial charge on any atom is 0.0111 e. The fraction of sp³-hybridized carbons (Fsp3) is 1.00. The molecule has 3 rings (SSSR count). The van der Waals surface area contributed by atoms with Crippen LogP contribution < -0.4 is 5.73 Å². The Morgan fingerprint density at radius 2 is 1.72 bits per heavy atom. The van der Waals surface area contributed by atoms with Crippen LogP contribution in [-0.2, 0) is 0 Å². The van der Waals surface area contributed by atoms with E-state index in [2.05, 4.69) is 18.7 Å². The van der Waals surface area contributed by atoms with Crippen molar-refractivity contribution in [2.75, 3.05) is 19.6 Å². The first-order valence-corrected chi connectivity index (χ1v) is 8.13. The first kappa shape index (κ1) is 12.9. The summed E-state index contributed by atoms with van der Waals surface area (Å²) in [6.07, 6.45) is 7.14. The van der Waals surface area contributed by atoms with Crippen molar-refractivity contribution in [1.29, 1.82) is 0 Å². The predicted octanol–water partition coefficient (Wildman–Crippen LogP) is 2.73. The number of rotatable bonds is 3. The van der Waals surface area contributed by atoms with Crippen molar-refractivity contribution in [3.05, 3.63) is 0 Å². The van der Waals surface area contributed by atoms with Gasteiger partial charge >= 0.3 is 0 Å². The minimum absolute atomic E-state index is 0.520. The molecule has 104 valence electrons. The van der Waals surface area contributed by atoms with Gasteiger partial charge < -0.3 is 10.6 Å². The zero-order valence-electron chi connectivity index (χ0n) is 12.1. The molecule has 2 nitrogen and oxygen atoms in total. The van der Waals surface area contributed by atoms with E-state index in [1.165, 1.54) is 51.7 Å². The van der Waals surface area contributed by atoms with Gasteiger partial charge in [-0.3, -0.25) is 0 Å². The summed E-state index contributed by atoms with van der Waals surface area (Å²) < 4.78 is 0. The van der Waals surface area contributed by atoms with Crippen LogP contribution in [0.1, 0.15) is 46.0 Å². The van der Waals surface area contributed by atoms with Crippen molar-refractivity contribution in [2.45, 2.75) is 52.0 Å². The number of hydrogen-bond acceptors (Lipinski definition) is 2. The molecule has 1 aliphatic heterocycles. The Kier molecular flexibility index (Phi) is 3.68. The minimum Gasteiger partial charge on any atom is -0.327 e. The maximum atomic E-state index is 6.43. The summed E-state index contributed by atoms with van der Waals surface area (Å²) in [5.74, 6) is 4.49. The Bertz CT molecular complexity index is 279. The summed E-state index contributed by atoms with van der Waals surface area (Å²) >= 11 is 0. The monoisotopic (exact) mass is 250 g/mol. The number of nitrogens with two attached hydrogens (primary N) is 1. The molecule has 2 aliphatic carbocycles. The molecule has 3 aliphatic rings. The third-order valence-corrected chi connectivity index (χ3v) is 6.20. The maximum absolute atomic E-state index is 6.43. The summed E-state index contributed by atoms with van der Waals surface area (Å²) in [5, 5.41) is 0. The van der Waals surface area contributed by atoms with Crippen LogP contribution >= 0.6 is 0 Å². The lowest BCUT2D eigenvalue weighted by Crippen LogP contribution is -2.45. The van der Waals surface area contributed by atoms with E-state index in [9.17, 15) is 0 Å². The second-order valence-corrected chi connectivity index (χ2v) is 7.46. The van der Waals surface area contributed by atoms with Crippen LogP contribution in [0, 0.1) is 29.6 Å². The first-order valence-electron chi connectivity index (χ1n) is 8.13. The molecule has 2 saturated carbocycles. The van der Waals surface area contributed by atoms with Crippen LogP contribution in [0.3, 0.4) is 0 Å². The van der Waals surface area contributed by atoms with Gasteiger partial charge in [0.25, 0.3) is 0 Å². The lowest BCUT2D eigenvalue weighted by atomic mass is 9.83. The highest BCUT2D eigenvalue weighted by atomic mass is 15.1. The summed E-state index contributed by atoms with van der Waals surface area (Å²) in [7, 11) is 0. The lowest BCUT2D eigenvalue weighted by Gasteiger charge is -2.38. The zero-order chi connectivity index (χ0) is 12.7. The summed E-state index contributed by atoms with van der Waals surface area (Å²) in [5.41, 5.74) is 6.43. The van der Waals surface area contributed by atoms with E-state index in [0.29, 0.717) is 6.04 Å². The number of likely N-dealkylation sites (tertiary alicyclic amines) is 1. The quantitative estimate of drug-likeness (QED) is 0.834. The number of piperidine rings is 1. The average Bonchev–Trinajstić information content (AvgIpc) is 2.94. The highest BCUT2D eigenvalue weighted by molar-refractivity contribution is 5.00. The molecule has 0 aromatic carbocycles. The molecule has 2 bridgehead atoms. The van der Waals surface area contributed by atoms with Gasteiger partial charge in [0, 0.05) is 12.6 Å². The van der Waals surface area contributed by atoms with Crippen LogP contribution in [0.5, 0.6) is 0 Å². The standard InChI is InChI=1S/C16H30N2/c1-11(2)12-5-7-18(8-6-12)10-15-13-3-4-14(9-13)16(15)17/h11-16H,3-10,17H2,1-2H3. The van der Waals surface area contributed by atoms with E-state index < -0.39 is 0 Å². The summed E-state index contributed by atoms with van der Waals surface area (Å²) in [4.78, 5) is 2.71. The van der Waals surface area contributed by atoms with Crippen LogP contribution in [0.4, 0.5) is 0 Å². The van der Waals surface area contributed by atoms with E-state index in [4.69, 9.17) is 5.73 Å². The molecule has 0 aromatic rings. The molecule has 2 heteroatoms. The van der Waals surface area contributed by atoms with Crippen LogP contribution in [0.2, 0.25) is 0 Å². The van der Waals surface area contributed by atoms with Gasteiger partial charge in [-0.25, -0.2) is 0 Å². The van der Waals surface area contributed by atoms with Crippen molar-refractivity contribution in [3.63, 3.8) is 0 Å². The molecular formula is C16H30N2. The first-order chi connectivity index (χ1) is 8.65. The SMILES string of the molecule is CC(C)C1CCN(CC2C3CCC(C3)C2N)CC1. The molecule has 3 fully saturated rings. The molecule has 4 atom stereocenters. The molecule has 0 aromatic heterocycles. The highest BCUT2D eigenvalue weighted by Gasteiger charge is 2.46. The van der Waals surface area contributed by atoms with Gasteiger partial charge in [-0.05, 0) is 74.8 Å². The molecular weight excluding hydrogens is 220 g/mol. The molecule has 1 saturated heterocycles. The van der Waals surface area contributed by atoms with Gasteiger partial charge in [0.2, 0.25) is 0 Å². The zero-order valence-corrected chi connectivity index (χ0v) is 12.1. The number of fused-ring (bicyclic) bond motifs is 2. The van der Waals surface area contributed by atoms with Crippen molar-refractivity contribution in [2.24, 2.45) is 35.3 Å². The van der Waals surface area contributed by atoms with Crippen LogP contribution in [0.15, 0.2) is 0 Å². The molecule has 18 heavy (non-hydrogen) atoms. The fourth-order valence-corrected chi connectivity index (χ4v) is 4.83. The third kappa shape index (κ3) is 2.34. The fourth-order valence-electron chi connectivity index (χ4n) is 4.83. The minimum atomic E-state index is 0.520. The van der Waals surface area contributed by atoms with E-state index in [-0.39, 0.29) is 0 Å². The second kappa shape index (κ2) is 5.13. The molecule has 4 unspecified atom stereocenters. The molecule has 2 N–H and O–H groups in total. The molecule has 1 heterocycles. The van der Waals surface area contributed by atoms with E-state index >= 15 is 0 Å². The molecule has 0 spiro atoms. The van der Waals surface area contributed by atoms with Crippen molar-refractivity contribution in [3.8, 4) is 0 Å². The van der Waals surface area contributed by atoms with Gasteiger partial charge in [-0.15, -0.1) is 0 Å². The highest BCUT2D eigenvalue weighted by Crippen LogP contribution is 2.48. The van der Waals surface area contributed by atoms with Gasteiger partial charge in [-0.2, -0.15) is 0 Å². The van der Waals surface area contributed by atoms with Gasteiger partial charge in [-0.1, -0.05) is 13.8 Å². The Morgan fingerprint density at radius 3 is 2.28 bits per heavy atom. The normalized spacial score (nSPS) is 42.0. The van der Waals surface area contributed by atoms with E-state index in [0.717, 1.165) is 29.6 Å². The Balaban J connectivity index is 1.50. The Hall–Kier alpha value is -0.0800. The van der Waals surface area contributed by atoms with Gasteiger partial charge in [0.15, 0.2) is 0 Å². The molecule has 0 amide bonds. The third-order valence-electron chi connectivity index (χ3n) is 6.20. The Labute approximate surface area is 112 Å². The number of nitrogens with zero attached hydrogens (tertiary/aromatic N) is 1. The van der Waals surface area contributed by atoms with E-state index in [1.54, 1.807) is 0 Å². The summed E-state index contributed by atoms with van der Waals surface area (Å²) in [6.45, 7) is 8.71. The summed E-state index contributed by atoms with van der Waals surface area (Å²) in [6, 6.07) is 0.520. The van der Waals surface area contributed by atoms with Crippen molar-refractivity contribution < 1.29 is 0 Å². The van der Waals surface area contributed by atoms with Crippen LogP contribution in [-0.4, -0.2) is 30.6 Å². The van der Waals surface area contributed by atoms with Crippen molar-refractivity contribution >= 4 is 0 Å². The topological polar surface area (TPSA) is 29.3 Å². The van der Waals surface area contributed by atoms with Crippen molar-refractivity contribution in [1.82, 2.24) is 4.90 Å². The predicted molar refractivity (Wildman–Crippen MR) is 76.3 cm³/mol. The average molecular weight is 250 g/mol. The molecule has 0 radical (unpaired) electrons. The number of hydrogen-bond donors (Lipinski definition) is 1. The van der Waals surface area contributed by atoms with Gasteiger partial charge in [0.05, 0.1) is 0 Å². The largest absolute Gasteiger partial charge is 0.327 e.